The van der Waals surface area contributed by atoms with Crippen molar-refractivity contribution < 1.29 is 0 Å². The van der Waals surface area contributed by atoms with Crippen molar-refractivity contribution in [1.29, 1.82) is 0 Å². The number of fused-ring (bicyclic) bond motifs is 10. The summed E-state index contributed by atoms with van der Waals surface area (Å²) in [7, 11) is 0. The van der Waals surface area contributed by atoms with Gasteiger partial charge in [-0.1, -0.05) is 158 Å². The molecule has 0 aliphatic heterocycles. The predicted molar refractivity (Wildman–Crippen MR) is 235 cm³/mol. The van der Waals surface area contributed by atoms with Gasteiger partial charge in [-0.25, -0.2) is 0 Å². The third-order valence-electron chi connectivity index (χ3n) is 12.4. The van der Waals surface area contributed by atoms with Gasteiger partial charge >= 0.3 is 0 Å². The molecule has 0 amide bonds. The van der Waals surface area contributed by atoms with E-state index in [1.165, 1.54) is 131 Å². The van der Waals surface area contributed by atoms with Crippen LogP contribution in [0.1, 0.15) is 11.1 Å². The zero-order valence-corrected chi connectivity index (χ0v) is 30.2. The van der Waals surface area contributed by atoms with Crippen LogP contribution in [0.25, 0.3) is 120 Å². The lowest BCUT2D eigenvalue weighted by atomic mass is 9.83. The Morgan fingerprint density at radius 3 is 1.57 bits per heavy atom. The van der Waals surface area contributed by atoms with E-state index >= 15 is 0 Å². The summed E-state index contributed by atoms with van der Waals surface area (Å²) in [5, 5.41) is 21.2. The van der Waals surface area contributed by atoms with Crippen LogP contribution in [0.4, 0.5) is 0 Å². The number of rotatable bonds is 3. The van der Waals surface area contributed by atoms with Crippen LogP contribution in [0.5, 0.6) is 0 Å². The highest BCUT2D eigenvalue weighted by Gasteiger charge is 2.27. The smallest absolute Gasteiger partial charge is 0.000697 e. The summed E-state index contributed by atoms with van der Waals surface area (Å²) in [4.78, 5) is 0. The van der Waals surface area contributed by atoms with Crippen LogP contribution >= 0.6 is 0 Å². The van der Waals surface area contributed by atoms with Crippen molar-refractivity contribution in [3.8, 4) is 33.4 Å². The third-order valence-corrected chi connectivity index (χ3v) is 12.4. The van der Waals surface area contributed by atoms with E-state index < -0.39 is 0 Å². The highest BCUT2D eigenvalue weighted by molar-refractivity contribution is 6.46. The highest BCUT2D eigenvalue weighted by Crippen LogP contribution is 2.56. The molecule has 0 spiro atoms. The fourth-order valence-electron chi connectivity index (χ4n) is 10.3. The topological polar surface area (TPSA) is 0 Å². The van der Waals surface area contributed by atoms with Crippen LogP contribution in [-0.2, 0) is 0 Å². The minimum atomic E-state index is 1.25. The molecule has 0 aromatic heterocycles. The quantitative estimate of drug-likeness (QED) is 0.163. The van der Waals surface area contributed by atoms with E-state index in [0.29, 0.717) is 0 Å². The molecule has 12 aromatic carbocycles. The van der Waals surface area contributed by atoms with Crippen LogP contribution in [0.2, 0.25) is 0 Å². The van der Waals surface area contributed by atoms with Gasteiger partial charge in [0.25, 0.3) is 0 Å². The monoisotopic (exact) mass is 682 g/mol. The van der Waals surface area contributed by atoms with Crippen LogP contribution in [-0.4, -0.2) is 0 Å². The first-order valence-electron chi connectivity index (χ1n) is 19.0. The first kappa shape index (κ1) is 29.8. The molecule has 0 fully saturated rings. The number of benzene rings is 10. The molecule has 0 saturated heterocycles. The fraction of sp³-hybridized carbons (Fsp3) is 0.0370. The van der Waals surface area contributed by atoms with Crippen LogP contribution in [0.15, 0.2) is 170 Å². The molecule has 0 unspecified atom stereocenters. The average Bonchev–Trinajstić information content (AvgIpc) is 3.72. The van der Waals surface area contributed by atoms with Crippen LogP contribution in [0, 0.1) is 13.8 Å². The molecule has 12 aromatic rings. The zero-order chi connectivity index (χ0) is 35.7. The summed E-state index contributed by atoms with van der Waals surface area (Å²) in [5.41, 5.74) is 10.4. The minimum absolute atomic E-state index is 1.25. The van der Waals surface area contributed by atoms with E-state index in [1.807, 2.05) is 0 Å². The number of hydrogen-bond donors (Lipinski definition) is 0. The Labute approximate surface area is 313 Å². The molecular weight excluding hydrogens is 649 g/mol. The minimum Gasteiger partial charge on any atom is -0.0622 e. The molecule has 0 bridgehead atoms. The SMILES string of the molecule is Cc1cccc(C)c1-c1ccc2c3c(-c4ccccc4)c4c5cc6ccccc6c6cccc(c4c(-c4ccccc4)c3cc3c4ccccc4c1c32)c65. The van der Waals surface area contributed by atoms with Crippen molar-refractivity contribution in [3.63, 3.8) is 0 Å². The maximum atomic E-state index is 2.55. The Morgan fingerprint density at radius 1 is 0.259 bits per heavy atom. The van der Waals surface area contributed by atoms with Gasteiger partial charge in [0, 0.05) is 0 Å². The molecule has 0 aliphatic carbocycles. The predicted octanol–water partition coefficient (Wildman–Crippen LogP) is 15.4. The van der Waals surface area contributed by atoms with Crippen LogP contribution < -0.4 is 0 Å². The Balaban J connectivity index is 1.42. The highest BCUT2D eigenvalue weighted by atomic mass is 14.3. The van der Waals surface area contributed by atoms with E-state index in [9.17, 15) is 0 Å². The van der Waals surface area contributed by atoms with Gasteiger partial charge in [-0.2, -0.15) is 0 Å². The molecule has 0 heteroatoms. The average molecular weight is 683 g/mol. The third kappa shape index (κ3) is 3.82. The lowest BCUT2D eigenvalue weighted by Gasteiger charge is -2.20. The van der Waals surface area contributed by atoms with Gasteiger partial charge in [0.1, 0.15) is 0 Å². The van der Waals surface area contributed by atoms with Gasteiger partial charge in [0.2, 0.25) is 0 Å². The zero-order valence-electron chi connectivity index (χ0n) is 30.2. The molecule has 0 N–H and O–H groups in total. The Morgan fingerprint density at radius 2 is 0.815 bits per heavy atom. The molecule has 0 saturated carbocycles. The first-order valence-corrected chi connectivity index (χ1v) is 19.0. The summed E-state index contributed by atoms with van der Waals surface area (Å²) >= 11 is 0. The maximum absolute atomic E-state index is 2.55. The molecule has 0 radical (unpaired) electrons. The van der Waals surface area contributed by atoms with Gasteiger partial charge in [-0.15, -0.1) is 0 Å². The normalized spacial score (nSPS) is 12.3. The summed E-state index contributed by atoms with van der Waals surface area (Å²) in [6.45, 7) is 4.51. The standard InChI is InChI=1S/C54H34/c1-31-15-13-16-32(2)46(31)41-27-28-42-51-43(37-23-11-12-24-39(37)50(41)51)30-45-47(33-17-5-3-6-18-33)53-40-26-14-25-38-36-22-10-9-21-35(36)29-44(49(38)40)54(53)48(52(42)45)34-19-7-4-8-20-34/h3-30H,1-2H3. The molecule has 250 valence electrons. The van der Waals surface area contributed by atoms with Crippen LogP contribution in [0.3, 0.4) is 0 Å². The lowest BCUT2D eigenvalue weighted by Crippen LogP contribution is -1.92. The van der Waals surface area contributed by atoms with Crippen molar-refractivity contribution in [3.05, 3.63) is 181 Å². The largest absolute Gasteiger partial charge is 0.0622 e. The van der Waals surface area contributed by atoms with Crippen molar-refractivity contribution in [1.82, 2.24) is 0 Å². The summed E-state index contributed by atoms with van der Waals surface area (Å²) < 4.78 is 0. The number of hydrogen-bond acceptors (Lipinski definition) is 0. The van der Waals surface area contributed by atoms with E-state index in [0.717, 1.165) is 0 Å². The van der Waals surface area contributed by atoms with Crippen molar-refractivity contribution in [2.24, 2.45) is 0 Å². The Kier molecular flexibility index (Phi) is 6.00. The number of aryl methyl sites for hydroxylation is 2. The fourth-order valence-corrected chi connectivity index (χ4v) is 10.3. The Bertz CT molecular complexity index is 3460. The van der Waals surface area contributed by atoms with Crippen molar-refractivity contribution in [2.75, 3.05) is 0 Å². The molecular formula is C54H34. The Hall–Kier alpha value is -6.76. The molecule has 0 heterocycles. The van der Waals surface area contributed by atoms with Crippen molar-refractivity contribution in [2.45, 2.75) is 13.8 Å². The lowest BCUT2D eigenvalue weighted by molar-refractivity contribution is 1.39. The molecule has 0 aliphatic rings. The van der Waals surface area contributed by atoms with E-state index in [-0.39, 0.29) is 0 Å². The van der Waals surface area contributed by atoms with E-state index in [1.54, 1.807) is 0 Å². The summed E-state index contributed by atoms with van der Waals surface area (Å²) in [6.07, 6.45) is 0. The summed E-state index contributed by atoms with van der Waals surface area (Å²) in [6, 6.07) is 63.9. The van der Waals surface area contributed by atoms with Gasteiger partial charge in [0.15, 0.2) is 0 Å². The second-order valence-electron chi connectivity index (χ2n) is 15.2. The van der Waals surface area contributed by atoms with Gasteiger partial charge in [0.05, 0.1) is 0 Å². The maximum Gasteiger partial charge on any atom is -0.000697 e. The van der Waals surface area contributed by atoms with Gasteiger partial charge in [-0.05, 0) is 157 Å². The molecule has 54 heavy (non-hydrogen) atoms. The van der Waals surface area contributed by atoms with Gasteiger partial charge in [-0.3, -0.25) is 0 Å². The molecule has 0 nitrogen and oxygen atoms in total. The van der Waals surface area contributed by atoms with Gasteiger partial charge < -0.3 is 0 Å². The molecule has 0 atom stereocenters. The van der Waals surface area contributed by atoms with E-state index in [4.69, 9.17) is 0 Å². The second-order valence-corrected chi connectivity index (χ2v) is 15.2. The summed E-state index contributed by atoms with van der Waals surface area (Å²) in [5.74, 6) is 0. The first-order chi connectivity index (χ1) is 26.7. The van der Waals surface area contributed by atoms with Crippen molar-refractivity contribution >= 4 is 86.2 Å². The second kappa shape index (κ2) is 10.9. The molecule has 12 rings (SSSR count). The van der Waals surface area contributed by atoms with E-state index in [2.05, 4.69) is 184 Å².